The van der Waals surface area contributed by atoms with Crippen molar-refractivity contribution in [2.45, 2.75) is 13.1 Å². The number of fused-ring (bicyclic) bond motifs is 1. The van der Waals surface area contributed by atoms with Crippen LogP contribution in [0.1, 0.15) is 22.8 Å². The monoisotopic (exact) mass is 388 g/mol. The fourth-order valence-electron chi connectivity index (χ4n) is 2.73. The van der Waals surface area contributed by atoms with Gasteiger partial charge in [-0.3, -0.25) is 19.6 Å². The van der Waals surface area contributed by atoms with E-state index in [1.165, 1.54) is 32.4 Å². The van der Waals surface area contributed by atoms with Gasteiger partial charge in [-0.25, -0.2) is 10.0 Å². The molecule has 0 unspecified atom stereocenters. The molecule has 3 rings (SSSR count). The van der Waals surface area contributed by atoms with Gasteiger partial charge >= 0.3 is 6.18 Å². The van der Waals surface area contributed by atoms with E-state index in [9.17, 15) is 22.8 Å². The second-order valence-corrected chi connectivity index (χ2v) is 5.96. The van der Waals surface area contributed by atoms with Gasteiger partial charge in [-0.05, 0) is 42.5 Å². The standard InChI is InChI=1S/C19H15F3N4O2/c1-12(27)26(15-6-4-14(5-7-15)19(20,21)22)25(2)18(28)13-3-8-16-17(11-13)24-10-9-23-16/h3-11H,1-2H3. The molecule has 0 aliphatic carbocycles. The van der Waals surface area contributed by atoms with Gasteiger partial charge in [-0.1, -0.05) is 0 Å². The number of hydrazine groups is 1. The highest BCUT2D eigenvalue weighted by molar-refractivity contribution is 6.02. The molecule has 1 aromatic heterocycles. The van der Waals surface area contributed by atoms with Gasteiger partial charge in [0.1, 0.15) is 0 Å². The molecule has 28 heavy (non-hydrogen) atoms. The van der Waals surface area contributed by atoms with Gasteiger partial charge in [0.25, 0.3) is 5.91 Å². The Kier molecular flexibility index (Phi) is 5.00. The zero-order valence-corrected chi connectivity index (χ0v) is 14.9. The van der Waals surface area contributed by atoms with Crippen molar-refractivity contribution in [2.24, 2.45) is 0 Å². The molecule has 0 saturated carbocycles. The Morgan fingerprint density at radius 1 is 0.929 bits per heavy atom. The summed E-state index contributed by atoms with van der Waals surface area (Å²) in [6.07, 6.45) is -1.48. The molecule has 3 aromatic rings. The van der Waals surface area contributed by atoms with E-state index < -0.39 is 23.6 Å². The van der Waals surface area contributed by atoms with Gasteiger partial charge in [0.05, 0.1) is 22.3 Å². The smallest absolute Gasteiger partial charge is 0.273 e. The number of aromatic nitrogens is 2. The molecule has 0 aliphatic heterocycles. The molecule has 0 N–H and O–H groups in total. The van der Waals surface area contributed by atoms with Crippen LogP contribution in [-0.2, 0) is 11.0 Å². The lowest BCUT2D eigenvalue weighted by Gasteiger charge is -2.31. The van der Waals surface area contributed by atoms with Crippen molar-refractivity contribution >= 4 is 28.5 Å². The van der Waals surface area contributed by atoms with Crippen molar-refractivity contribution in [3.8, 4) is 0 Å². The van der Waals surface area contributed by atoms with Crippen molar-refractivity contribution in [1.82, 2.24) is 15.0 Å². The molecular formula is C19H15F3N4O2. The topological polar surface area (TPSA) is 66.4 Å². The van der Waals surface area contributed by atoms with Crippen LogP contribution in [0.5, 0.6) is 0 Å². The lowest BCUT2D eigenvalue weighted by molar-refractivity contribution is -0.137. The van der Waals surface area contributed by atoms with E-state index >= 15 is 0 Å². The number of carbonyl (C=O) groups is 2. The third kappa shape index (κ3) is 3.78. The minimum Gasteiger partial charge on any atom is -0.273 e. The van der Waals surface area contributed by atoms with Gasteiger partial charge in [0.15, 0.2) is 0 Å². The molecule has 0 bridgehead atoms. The van der Waals surface area contributed by atoms with Gasteiger partial charge in [0.2, 0.25) is 5.91 Å². The molecule has 2 aromatic carbocycles. The van der Waals surface area contributed by atoms with Crippen LogP contribution in [0.15, 0.2) is 54.9 Å². The summed E-state index contributed by atoms with van der Waals surface area (Å²) in [6, 6.07) is 8.69. The first-order valence-electron chi connectivity index (χ1n) is 8.15. The van der Waals surface area contributed by atoms with Gasteiger partial charge in [-0.2, -0.15) is 13.2 Å². The molecular weight excluding hydrogens is 373 g/mol. The first-order valence-corrected chi connectivity index (χ1v) is 8.15. The number of hydrogen-bond acceptors (Lipinski definition) is 4. The number of halogens is 3. The zero-order valence-electron chi connectivity index (χ0n) is 14.9. The summed E-state index contributed by atoms with van der Waals surface area (Å²) in [7, 11) is 1.36. The Hall–Kier alpha value is -3.49. The van der Waals surface area contributed by atoms with Crippen molar-refractivity contribution in [2.75, 3.05) is 12.1 Å². The minimum atomic E-state index is -4.49. The van der Waals surface area contributed by atoms with Crippen molar-refractivity contribution in [3.05, 3.63) is 66.0 Å². The first kappa shape index (κ1) is 19.3. The fourth-order valence-corrected chi connectivity index (χ4v) is 2.73. The molecule has 0 radical (unpaired) electrons. The SMILES string of the molecule is CC(=O)N(c1ccc(C(F)(F)F)cc1)N(C)C(=O)c1ccc2nccnc2c1. The van der Waals surface area contributed by atoms with E-state index in [1.807, 2.05) is 0 Å². The van der Waals surface area contributed by atoms with Crippen molar-refractivity contribution < 1.29 is 22.8 Å². The molecule has 0 aliphatic rings. The third-order valence-electron chi connectivity index (χ3n) is 4.05. The number of hydrogen-bond donors (Lipinski definition) is 0. The predicted octanol–water partition coefficient (Wildman–Crippen LogP) is 3.69. The van der Waals surface area contributed by atoms with Crippen LogP contribution in [0.25, 0.3) is 11.0 Å². The molecule has 1 heterocycles. The predicted molar refractivity (Wildman–Crippen MR) is 96.2 cm³/mol. The van der Waals surface area contributed by atoms with Gasteiger partial charge in [-0.15, -0.1) is 0 Å². The van der Waals surface area contributed by atoms with E-state index in [-0.39, 0.29) is 11.3 Å². The second-order valence-electron chi connectivity index (χ2n) is 5.96. The van der Waals surface area contributed by atoms with Crippen LogP contribution in [0.4, 0.5) is 18.9 Å². The summed E-state index contributed by atoms with van der Waals surface area (Å²) >= 11 is 0. The van der Waals surface area contributed by atoms with Crippen molar-refractivity contribution in [1.29, 1.82) is 0 Å². The maximum atomic E-state index is 12.8. The second kappa shape index (κ2) is 7.26. The average Bonchev–Trinajstić information content (AvgIpc) is 2.66. The number of alkyl halides is 3. The number of rotatable bonds is 2. The largest absolute Gasteiger partial charge is 0.416 e. The molecule has 0 atom stereocenters. The number of carbonyl (C=O) groups excluding carboxylic acids is 2. The summed E-state index contributed by atoms with van der Waals surface area (Å²) < 4.78 is 38.3. The maximum Gasteiger partial charge on any atom is 0.416 e. The Bertz CT molecular complexity index is 1040. The first-order chi connectivity index (χ1) is 13.2. The number of amides is 2. The quantitative estimate of drug-likeness (QED) is 0.628. The highest BCUT2D eigenvalue weighted by Crippen LogP contribution is 2.31. The molecule has 144 valence electrons. The molecule has 9 heteroatoms. The molecule has 2 amide bonds. The highest BCUT2D eigenvalue weighted by Gasteiger charge is 2.31. The summed E-state index contributed by atoms with van der Waals surface area (Å²) in [5.41, 5.74) is 0.658. The van der Waals surface area contributed by atoms with E-state index in [4.69, 9.17) is 0 Å². The lowest BCUT2D eigenvalue weighted by atomic mass is 10.1. The number of nitrogens with zero attached hydrogens (tertiary/aromatic N) is 4. The van der Waals surface area contributed by atoms with Crippen LogP contribution < -0.4 is 5.01 Å². The molecule has 0 spiro atoms. The van der Waals surface area contributed by atoms with Gasteiger partial charge < -0.3 is 0 Å². The summed E-state index contributed by atoms with van der Waals surface area (Å²) in [6.45, 7) is 1.22. The molecule has 0 saturated heterocycles. The summed E-state index contributed by atoms with van der Waals surface area (Å²) in [4.78, 5) is 33.2. The van der Waals surface area contributed by atoms with E-state index in [0.29, 0.717) is 11.0 Å². The minimum absolute atomic E-state index is 0.136. The van der Waals surface area contributed by atoms with Crippen LogP contribution in [0.3, 0.4) is 0 Å². The van der Waals surface area contributed by atoms with Crippen molar-refractivity contribution in [3.63, 3.8) is 0 Å². The highest BCUT2D eigenvalue weighted by atomic mass is 19.4. The van der Waals surface area contributed by atoms with E-state index in [0.717, 1.165) is 34.3 Å². The fraction of sp³-hybridized carbons (Fsp3) is 0.158. The molecule has 6 nitrogen and oxygen atoms in total. The average molecular weight is 388 g/mol. The van der Waals surface area contributed by atoms with E-state index in [2.05, 4.69) is 9.97 Å². The summed E-state index contributed by atoms with van der Waals surface area (Å²) in [5, 5.41) is 2.05. The Balaban J connectivity index is 1.92. The van der Waals surface area contributed by atoms with Crippen LogP contribution >= 0.6 is 0 Å². The number of anilines is 1. The number of benzene rings is 2. The zero-order chi connectivity index (χ0) is 20.5. The van der Waals surface area contributed by atoms with Gasteiger partial charge in [0, 0.05) is 31.9 Å². The lowest BCUT2D eigenvalue weighted by Crippen LogP contribution is -2.46. The summed E-state index contributed by atoms with van der Waals surface area (Å²) in [5.74, 6) is -1.06. The Morgan fingerprint density at radius 2 is 1.54 bits per heavy atom. The Morgan fingerprint density at radius 3 is 2.11 bits per heavy atom. The maximum absolute atomic E-state index is 12.8. The van der Waals surface area contributed by atoms with Crippen LogP contribution in [-0.4, -0.2) is 33.8 Å². The van der Waals surface area contributed by atoms with Crippen LogP contribution in [0.2, 0.25) is 0 Å². The van der Waals surface area contributed by atoms with Crippen LogP contribution in [0, 0.1) is 0 Å². The third-order valence-corrected chi connectivity index (χ3v) is 4.05. The molecule has 0 fully saturated rings. The Labute approximate surface area is 158 Å². The van der Waals surface area contributed by atoms with E-state index in [1.54, 1.807) is 12.1 Å². The normalized spacial score (nSPS) is 11.3.